The Kier molecular flexibility index (Phi) is 4.19. The van der Waals surface area contributed by atoms with Gasteiger partial charge in [0.05, 0.1) is 6.10 Å². The maximum atomic E-state index is 5.59. The molecule has 0 radical (unpaired) electrons. The van der Waals surface area contributed by atoms with Gasteiger partial charge in [0, 0.05) is 19.2 Å². The molecule has 1 aromatic carbocycles. The van der Waals surface area contributed by atoms with Gasteiger partial charge in [0.2, 0.25) is 0 Å². The SMILES string of the molecule is Cc1ccccc1C(C)NCC1CCOC1C. The molecule has 2 heteroatoms. The molecule has 1 N–H and O–H groups in total. The minimum atomic E-state index is 0.409. The van der Waals surface area contributed by atoms with E-state index < -0.39 is 0 Å². The van der Waals surface area contributed by atoms with Gasteiger partial charge in [-0.25, -0.2) is 0 Å². The van der Waals surface area contributed by atoms with Crippen molar-refractivity contribution in [3.05, 3.63) is 35.4 Å². The molecule has 3 atom stereocenters. The van der Waals surface area contributed by atoms with E-state index in [9.17, 15) is 0 Å². The highest BCUT2D eigenvalue weighted by atomic mass is 16.5. The summed E-state index contributed by atoms with van der Waals surface area (Å²) in [5.41, 5.74) is 2.77. The summed E-state index contributed by atoms with van der Waals surface area (Å²) < 4.78 is 5.59. The van der Waals surface area contributed by atoms with E-state index in [0.717, 1.165) is 13.2 Å². The third-order valence-corrected chi connectivity index (χ3v) is 3.87. The number of benzene rings is 1. The van der Waals surface area contributed by atoms with E-state index in [0.29, 0.717) is 18.1 Å². The highest BCUT2D eigenvalue weighted by Crippen LogP contribution is 2.22. The highest BCUT2D eigenvalue weighted by molar-refractivity contribution is 5.28. The van der Waals surface area contributed by atoms with Gasteiger partial charge in [-0.15, -0.1) is 0 Å². The van der Waals surface area contributed by atoms with Crippen LogP contribution in [0.1, 0.15) is 37.4 Å². The summed E-state index contributed by atoms with van der Waals surface area (Å²) in [6.45, 7) is 8.57. The van der Waals surface area contributed by atoms with Crippen LogP contribution in [0.25, 0.3) is 0 Å². The van der Waals surface area contributed by atoms with Crippen molar-refractivity contribution in [2.75, 3.05) is 13.2 Å². The Bertz CT molecular complexity index is 364. The van der Waals surface area contributed by atoms with Crippen LogP contribution >= 0.6 is 0 Å². The lowest BCUT2D eigenvalue weighted by Crippen LogP contribution is -2.29. The number of rotatable bonds is 4. The zero-order chi connectivity index (χ0) is 12.3. The first-order valence-electron chi connectivity index (χ1n) is 6.59. The van der Waals surface area contributed by atoms with Crippen LogP contribution in [0.15, 0.2) is 24.3 Å². The molecule has 1 heterocycles. The smallest absolute Gasteiger partial charge is 0.0588 e. The number of nitrogens with one attached hydrogen (secondary N) is 1. The molecule has 2 rings (SSSR count). The molecule has 17 heavy (non-hydrogen) atoms. The first-order valence-corrected chi connectivity index (χ1v) is 6.59. The predicted molar refractivity (Wildman–Crippen MR) is 71.1 cm³/mol. The van der Waals surface area contributed by atoms with Gasteiger partial charge in [-0.1, -0.05) is 24.3 Å². The van der Waals surface area contributed by atoms with Gasteiger partial charge in [-0.05, 0) is 44.2 Å². The van der Waals surface area contributed by atoms with E-state index >= 15 is 0 Å². The molecular formula is C15H23NO. The van der Waals surface area contributed by atoms with E-state index in [1.807, 2.05) is 0 Å². The van der Waals surface area contributed by atoms with Crippen molar-refractivity contribution in [2.24, 2.45) is 5.92 Å². The second kappa shape index (κ2) is 5.65. The minimum absolute atomic E-state index is 0.409. The Labute approximate surface area is 104 Å². The number of hydrogen-bond donors (Lipinski definition) is 1. The average Bonchev–Trinajstić information content (AvgIpc) is 2.72. The topological polar surface area (TPSA) is 21.3 Å². The monoisotopic (exact) mass is 233 g/mol. The third kappa shape index (κ3) is 3.08. The summed E-state index contributed by atoms with van der Waals surface area (Å²) in [4.78, 5) is 0. The average molecular weight is 233 g/mol. The Morgan fingerprint density at radius 3 is 2.82 bits per heavy atom. The van der Waals surface area contributed by atoms with E-state index in [2.05, 4.69) is 50.4 Å². The van der Waals surface area contributed by atoms with Gasteiger partial charge in [0.25, 0.3) is 0 Å². The van der Waals surface area contributed by atoms with Crippen molar-refractivity contribution in [1.82, 2.24) is 5.32 Å². The zero-order valence-corrected chi connectivity index (χ0v) is 11.1. The summed E-state index contributed by atoms with van der Waals surface area (Å²) in [7, 11) is 0. The van der Waals surface area contributed by atoms with Gasteiger partial charge in [0.15, 0.2) is 0 Å². The van der Waals surface area contributed by atoms with Gasteiger partial charge >= 0.3 is 0 Å². The van der Waals surface area contributed by atoms with Crippen molar-refractivity contribution < 1.29 is 4.74 Å². The summed E-state index contributed by atoms with van der Waals surface area (Å²) in [6, 6.07) is 9.01. The van der Waals surface area contributed by atoms with Crippen LogP contribution in [0.4, 0.5) is 0 Å². The molecule has 1 fully saturated rings. The fourth-order valence-corrected chi connectivity index (χ4v) is 2.55. The lowest BCUT2D eigenvalue weighted by Gasteiger charge is -2.20. The van der Waals surface area contributed by atoms with E-state index in [-0.39, 0.29) is 0 Å². The quantitative estimate of drug-likeness (QED) is 0.863. The van der Waals surface area contributed by atoms with Gasteiger partial charge in [-0.2, -0.15) is 0 Å². The highest BCUT2D eigenvalue weighted by Gasteiger charge is 2.24. The molecule has 1 aliphatic heterocycles. The first-order chi connectivity index (χ1) is 8.18. The van der Waals surface area contributed by atoms with Crippen molar-refractivity contribution >= 4 is 0 Å². The van der Waals surface area contributed by atoms with E-state index in [4.69, 9.17) is 4.74 Å². The number of hydrogen-bond acceptors (Lipinski definition) is 2. The van der Waals surface area contributed by atoms with E-state index in [1.165, 1.54) is 17.5 Å². The fraction of sp³-hybridized carbons (Fsp3) is 0.600. The van der Waals surface area contributed by atoms with Crippen LogP contribution in [0.5, 0.6) is 0 Å². The molecule has 0 aliphatic carbocycles. The summed E-state index contributed by atoms with van der Waals surface area (Å²) in [6.07, 6.45) is 1.60. The molecule has 0 aromatic heterocycles. The molecule has 1 aliphatic rings. The van der Waals surface area contributed by atoms with Crippen LogP contribution in [0.2, 0.25) is 0 Å². The molecule has 3 unspecified atom stereocenters. The molecule has 0 spiro atoms. The van der Waals surface area contributed by atoms with Crippen molar-refractivity contribution in [1.29, 1.82) is 0 Å². The predicted octanol–water partition coefficient (Wildman–Crippen LogP) is 3.07. The Hall–Kier alpha value is -0.860. The number of ether oxygens (including phenoxy) is 1. The molecular weight excluding hydrogens is 210 g/mol. The second-order valence-electron chi connectivity index (χ2n) is 5.11. The van der Waals surface area contributed by atoms with Crippen molar-refractivity contribution in [3.8, 4) is 0 Å². The summed E-state index contributed by atoms with van der Waals surface area (Å²) >= 11 is 0. The Morgan fingerprint density at radius 2 is 2.18 bits per heavy atom. The molecule has 94 valence electrons. The lowest BCUT2D eigenvalue weighted by atomic mass is 9.99. The van der Waals surface area contributed by atoms with Gasteiger partial charge < -0.3 is 10.1 Å². The largest absolute Gasteiger partial charge is 0.378 e. The van der Waals surface area contributed by atoms with Crippen LogP contribution < -0.4 is 5.32 Å². The zero-order valence-electron chi connectivity index (χ0n) is 11.1. The van der Waals surface area contributed by atoms with Gasteiger partial charge in [0.1, 0.15) is 0 Å². The maximum absolute atomic E-state index is 5.59. The van der Waals surface area contributed by atoms with Crippen LogP contribution in [0.3, 0.4) is 0 Å². The van der Waals surface area contributed by atoms with Crippen LogP contribution in [-0.4, -0.2) is 19.3 Å². The van der Waals surface area contributed by atoms with Crippen molar-refractivity contribution in [2.45, 2.75) is 39.3 Å². The molecule has 0 amide bonds. The fourth-order valence-electron chi connectivity index (χ4n) is 2.55. The third-order valence-electron chi connectivity index (χ3n) is 3.87. The van der Waals surface area contributed by atoms with Crippen LogP contribution in [-0.2, 0) is 4.74 Å². The lowest BCUT2D eigenvalue weighted by molar-refractivity contribution is 0.105. The molecule has 1 saturated heterocycles. The molecule has 0 saturated carbocycles. The Morgan fingerprint density at radius 1 is 1.41 bits per heavy atom. The standard InChI is InChI=1S/C15H23NO/c1-11-6-4-5-7-15(11)12(2)16-10-14-8-9-17-13(14)3/h4-7,12-14,16H,8-10H2,1-3H3. The molecule has 1 aromatic rings. The second-order valence-corrected chi connectivity index (χ2v) is 5.11. The first kappa shape index (κ1) is 12.6. The van der Waals surface area contributed by atoms with Crippen LogP contribution in [0, 0.1) is 12.8 Å². The van der Waals surface area contributed by atoms with Gasteiger partial charge in [-0.3, -0.25) is 0 Å². The normalized spacial score (nSPS) is 26.1. The molecule has 2 nitrogen and oxygen atoms in total. The molecule has 0 bridgehead atoms. The summed E-state index contributed by atoms with van der Waals surface area (Å²) in [5, 5.41) is 3.63. The van der Waals surface area contributed by atoms with E-state index in [1.54, 1.807) is 0 Å². The number of aryl methyl sites for hydroxylation is 1. The van der Waals surface area contributed by atoms with Crippen molar-refractivity contribution in [3.63, 3.8) is 0 Å². The summed E-state index contributed by atoms with van der Waals surface area (Å²) in [5.74, 6) is 0.668. The maximum Gasteiger partial charge on any atom is 0.0588 e. The minimum Gasteiger partial charge on any atom is -0.378 e. The Balaban J connectivity index is 1.89.